The fourth-order valence-electron chi connectivity index (χ4n) is 5.33. The van der Waals surface area contributed by atoms with Crippen LogP contribution < -0.4 is 5.32 Å². The molecule has 40 heavy (non-hydrogen) atoms. The number of rotatable bonds is 11. The maximum absolute atomic E-state index is 13.4. The van der Waals surface area contributed by atoms with E-state index in [0.29, 0.717) is 6.54 Å². The van der Waals surface area contributed by atoms with Gasteiger partial charge in [0, 0.05) is 54.2 Å². The molecule has 202 valence electrons. The quantitative estimate of drug-likeness (QED) is 0.144. The van der Waals surface area contributed by atoms with Gasteiger partial charge in [0.2, 0.25) is 5.91 Å². The Morgan fingerprint density at radius 3 is 2.15 bits per heavy atom. The van der Waals surface area contributed by atoms with Crippen LogP contribution in [0.15, 0.2) is 115 Å². The molecule has 6 nitrogen and oxygen atoms in total. The Bertz CT molecular complexity index is 1580. The number of hydrogen-bond donors (Lipinski definition) is 1. The first-order valence-electron chi connectivity index (χ1n) is 13.7. The minimum Gasteiger partial charge on any atom is -0.354 e. The molecule has 6 heteroatoms. The average Bonchev–Trinajstić information content (AvgIpc) is 3.33. The molecule has 1 amide bonds. The minimum atomic E-state index is -0.365. The second kappa shape index (κ2) is 12.4. The van der Waals surface area contributed by atoms with Crippen molar-refractivity contribution in [3.05, 3.63) is 148 Å². The van der Waals surface area contributed by atoms with E-state index in [4.69, 9.17) is 0 Å². The van der Waals surface area contributed by atoms with Gasteiger partial charge in [0.05, 0.1) is 4.92 Å². The molecule has 0 saturated carbocycles. The summed E-state index contributed by atoms with van der Waals surface area (Å²) < 4.78 is 2.13. The van der Waals surface area contributed by atoms with Gasteiger partial charge in [0.1, 0.15) is 0 Å². The number of aryl methyl sites for hydroxylation is 1. The van der Waals surface area contributed by atoms with Crippen molar-refractivity contribution in [1.82, 2.24) is 9.88 Å². The van der Waals surface area contributed by atoms with E-state index in [1.807, 2.05) is 79.7 Å². The number of carbonyl (C=O) groups excluding carboxylic acids is 1. The van der Waals surface area contributed by atoms with Crippen LogP contribution in [0.1, 0.15) is 47.9 Å². The van der Waals surface area contributed by atoms with Crippen molar-refractivity contribution in [2.75, 3.05) is 0 Å². The van der Waals surface area contributed by atoms with Crippen LogP contribution in [0.4, 0.5) is 5.69 Å². The van der Waals surface area contributed by atoms with E-state index in [-0.39, 0.29) is 34.9 Å². The minimum absolute atomic E-state index is 0.0182. The predicted molar refractivity (Wildman–Crippen MR) is 159 cm³/mol. The number of nitro groups is 1. The highest BCUT2D eigenvalue weighted by Crippen LogP contribution is 2.36. The molecule has 0 aliphatic carbocycles. The summed E-state index contributed by atoms with van der Waals surface area (Å²) in [6, 6.07) is 35.3. The number of nitrogens with zero attached hydrogens (tertiary/aromatic N) is 2. The lowest BCUT2D eigenvalue weighted by molar-refractivity contribution is -0.384. The third-order valence-electron chi connectivity index (χ3n) is 7.39. The van der Waals surface area contributed by atoms with Gasteiger partial charge in [-0.05, 0) is 48.1 Å². The monoisotopic (exact) mass is 531 g/mol. The third kappa shape index (κ3) is 6.46. The molecule has 0 radical (unpaired) electrons. The van der Waals surface area contributed by atoms with Crippen LogP contribution in [0.3, 0.4) is 0 Å². The molecule has 0 aliphatic heterocycles. The summed E-state index contributed by atoms with van der Waals surface area (Å²) in [7, 11) is 0. The summed E-state index contributed by atoms with van der Waals surface area (Å²) in [6.07, 6.45) is 4.04. The molecule has 0 bridgehead atoms. The molecule has 4 aromatic carbocycles. The summed E-state index contributed by atoms with van der Waals surface area (Å²) in [4.78, 5) is 24.7. The smallest absolute Gasteiger partial charge is 0.270 e. The summed E-state index contributed by atoms with van der Waals surface area (Å²) in [5, 5.41) is 15.7. The molecule has 1 aromatic heterocycles. The van der Waals surface area contributed by atoms with E-state index in [2.05, 4.69) is 40.3 Å². The number of fused-ring (bicyclic) bond motifs is 1. The largest absolute Gasteiger partial charge is 0.354 e. The molecule has 0 aliphatic rings. The van der Waals surface area contributed by atoms with Crippen LogP contribution >= 0.6 is 0 Å². The van der Waals surface area contributed by atoms with E-state index in [0.717, 1.165) is 40.4 Å². The van der Waals surface area contributed by atoms with Crippen LogP contribution in [0.2, 0.25) is 0 Å². The molecule has 2 unspecified atom stereocenters. The first-order chi connectivity index (χ1) is 19.5. The van der Waals surface area contributed by atoms with Gasteiger partial charge in [0.25, 0.3) is 5.69 Å². The van der Waals surface area contributed by atoms with Gasteiger partial charge in [-0.15, -0.1) is 0 Å². The van der Waals surface area contributed by atoms with Gasteiger partial charge in [-0.1, -0.05) is 91.0 Å². The number of non-ortho nitro benzene ring substituents is 1. The van der Waals surface area contributed by atoms with Crippen molar-refractivity contribution in [3.8, 4) is 0 Å². The molecule has 5 rings (SSSR count). The van der Waals surface area contributed by atoms with Crippen LogP contribution in [0.25, 0.3) is 10.9 Å². The van der Waals surface area contributed by atoms with Gasteiger partial charge < -0.3 is 9.88 Å². The highest BCUT2D eigenvalue weighted by atomic mass is 16.6. The molecular formula is C34H33N3O3. The number of amides is 1. The van der Waals surface area contributed by atoms with Crippen LogP contribution in [0.5, 0.6) is 0 Å². The maximum atomic E-state index is 13.4. The zero-order valence-corrected chi connectivity index (χ0v) is 22.6. The van der Waals surface area contributed by atoms with E-state index in [1.54, 1.807) is 12.1 Å². The molecule has 0 fully saturated rings. The van der Waals surface area contributed by atoms with Crippen molar-refractivity contribution < 1.29 is 9.72 Å². The van der Waals surface area contributed by atoms with Crippen molar-refractivity contribution in [3.63, 3.8) is 0 Å². The van der Waals surface area contributed by atoms with Gasteiger partial charge in [0.15, 0.2) is 0 Å². The first-order valence-corrected chi connectivity index (χ1v) is 13.7. The van der Waals surface area contributed by atoms with Crippen molar-refractivity contribution >= 4 is 22.5 Å². The van der Waals surface area contributed by atoms with E-state index in [1.165, 1.54) is 5.56 Å². The van der Waals surface area contributed by atoms with E-state index >= 15 is 0 Å². The molecule has 1 N–H and O–H groups in total. The lowest BCUT2D eigenvalue weighted by Gasteiger charge is -2.20. The molecule has 0 saturated heterocycles. The summed E-state index contributed by atoms with van der Waals surface area (Å²) in [5.41, 5.74) is 5.23. The van der Waals surface area contributed by atoms with Crippen molar-refractivity contribution in [2.24, 2.45) is 0 Å². The zero-order valence-electron chi connectivity index (χ0n) is 22.6. The van der Waals surface area contributed by atoms with Crippen molar-refractivity contribution in [1.29, 1.82) is 0 Å². The number of aromatic nitrogens is 1. The van der Waals surface area contributed by atoms with Crippen LogP contribution in [0, 0.1) is 10.1 Å². The second-order valence-electron chi connectivity index (χ2n) is 10.3. The first kappa shape index (κ1) is 26.9. The van der Waals surface area contributed by atoms with E-state index in [9.17, 15) is 14.9 Å². The van der Waals surface area contributed by atoms with Crippen molar-refractivity contribution in [2.45, 2.75) is 44.7 Å². The van der Waals surface area contributed by atoms with Gasteiger partial charge in [-0.3, -0.25) is 14.9 Å². The number of benzene rings is 4. The molecule has 0 spiro atoms. The summed E-state index contributed by atoms with van der Waals surface area (Å²) in [5.74, 6) is -0.298. The normalized spacial score (nSPS) is 12.6. The predicted octanol–water partition coefficient (Wildman–Crippen LogP) is 7.26. The Kier molecular flexibility index (Phi) is 8.35. The Morgan fingerprint density at radius 1 is 0.875 bits per heavy atom. The van der Waals surface area contributed by atoms with Crippen LogP contribution in [-0.4, -0.2) is 21.4 Å². The molecule has 1 heterocycles. The van der Waals surface area contributed by atoms with Gasteiger partial charge >= 0.3 is 0 Å². The third-order valence-corrected chi connectivity index (χ3v) is 7.39. The average molecular weight is 532 g/mol. The summed E-state index contributed by atoms with van der Waals surface area (Å²) in [6.45, 7) is 2.66. The zero-order chi connectivity index (χ0) is 27.9. The maximum Gasteiger partial charge on any atom is 0.270 e. The lowest BCUT2D eigenvalue weighted by atomic mass is 9.88. The summed E-state index contributed by atoms with van der Waals surface area (Å²) >= 11 is 0. The number of hydrogen-bond acceptors (Lipinski definition) is 3. The highest BCUT2D eigenvalue weighted by Gasteiger charge is 2.25. The molecule has 5 aromatic rings. The number of nitrogens with one attached hydrogen (secondary N) is 1. The SMILES string of the molecule is CC(CCc1ccccc1)NC(=O)CC(c1ccccc1)c1cn(Cc2ccccc2)c2ccc([N+](=O)[O-])cc12. The molecule has 2 atom stereocenters. The van der Waals surface area contributed by atoms with E-state index < -0.39 is 0 Å². The van der Waals surface area contributed by atoms with Crippen LogP contribution in [-0.2, 0) is 17.8 Å². The molecular weight excluding hydrogens is 498 g/mol. The fraction of sp³-hybridized carbons (Fsp3) is 0.206. The Labute approximate surface area is 234 Å². The highest BCUT2D eigenvalue weighted by molar-refractivity contribution is 5.88. The standard InChI is InChI=1S/C34H33N3O3/c1-25(17-18-26-11-5-2-6-12-26)35-34(38)22-30(28-15-9-4-10-16-28)32-24-36(23-27-13-7-3-8-14-27)33-20-19-29(37(39)40)21-31(32)33/h2-16,19-21,24-25,30H,17-18,22-23H2,1H3,(H,35,38). The Balaban J connectivity index is 1.46. The Morgan fingerprint density at radius 2 is 1.50 bits per heavy atom. The van der Waals surface area contributed by atoms with Gasteiger partial charge in [-0.25, -0.2) is 0 Å². The number of carbonyl (C=O) groups is 1. The number of nitro benzene ring substituents is 1. The topological polar surface area (TPSA) is 77.2 Å². The van der Waals surface area contributed by atoms with Gasteiger partial charge in [-0.2, -0.15) is 0 Å². The lowest BCUT2D eigenvalue weighted by Crippen LogP contribution is -2.33. The Hall–Kier alpha value is -4.71. The fourth-order valence-corrected chi connectivity index (χ4v) is 5.33. The second-order valence-corrected chi connectivity index (χ2v) is 10.3.